The van der Waals surface area contributed by atoms with Crippen molar-refractivity contribution in [3.05, 3.63) is 48.0 Å². The molecule has 2 N–H and O–H groups in total. The van der Waals surface area contributed by atoms with E-state index >= 15 is 0 Å². The lowest BCUT2D eigenvalue weighted by Crippen LogP contribution is -1.91. The Labute approximate surface area is 87.6 Å². The fourth-order valence-corrected chi connectivity index (χ4v) is 1.45. The number of nitrogens with two attached hydrogens (primary N) is 1. The first-order valence-electron chi connectivity index (χ1n) is 4.64. The Hall–Kier alpha value is -1.90. The van der Waals surface area contributed by atoms with Gasteiger partial charge in [0.25, 0.3) is 0 Å². The molecule has 15 heavy (non-hydrogen) atoms. The standard InChI is InChI=1S/C12H11FN2/c1-8-6-9(2-3-12(8)14)10-4-5-15-7-11(10)13/h2-7H,14H2,1H3. The summed E-state index contributed by atoms with van der Waals surface area (Å²) in [6, 6.07) is 7.11. The van der Waals surface area contributed by atoms with Gasteiger partial charge in [-0.2, -0.15) is 0 Å². The molecule has 2 aromatic rings. The molecule has 2 rings (SSSR count). The molecule has 2 nitrogen and oxygen atoms in total. The average molecular weight is 202 g/mol. The number of rotatable bonds is 1. The Bertz CT molecular complexity index is 495. The van der Waals surface area contributed by atoms with Crippen molar-refractivity contribution in [2.75, 3.05) is 5.73 Å². The van der Waals surface area contributed by atoms with Gasteiger partial charge in [0.15, 0.2) is 0 Å². The molecule has 1 heterocycles. The second kappa shape index (κ2) is 3.69. The minimum atomic E-state index is -0.318. The van der Waals surface area contributed by atoms with Crippen molar-refractivity contribution >= 4 is 5.69 Å². The van der Waals surface area contributed by atoms with Crippen LogP contribution in [0.3, 0.4) is 0 Å². The van der Waals surface area contributed by atoms with Crippen LogP contribution in [0.4, 0.5) is 10.1 Å². The molecule has 0 atom stereocenters. The van der Waals surface area contributed by atoms with Gasteiger partial charge in [-0.3, -0.25) is 4.98 Å². The minimum Gasteiger partial charge on any atom is -0.399 e. The monoisotopic (exact) mass is 202 g/mol. The van der Waals surface area contributed by atoms with Gasteiger partial charge in [0.05, 0.1) is 6.20 Å². The number of hydrogen-bond acceptors (Lipinski definition) is 2. The van der Waals surface area contributed by atoms with Crippen molar-refractivity contribution in [3.8, 4) is 11.1 Å². The zero-order valence-corrected chi connectivity index (χ0v) is 8.37. The Balaban J connectivity index is 2.55. The van der Waals surface area contributed by atoms with E-state index in [1.165, 1.54) is 6.20 Å². The molecule has 76 valence electrons. The molecule has 0 saturated heterocycles. The Morgan fingerprint density at radius 3 is 2.73 bits per heavy atom. The lowest BCUT2D eigenvalue weighted by Gasteiger charge is -2.05. The third-order valence-electron chi connectivity index (χ3n) is 2.35. The summed E-state index contributed by atoms with van der Waals surface area (Å²) in [5.74, 6) is -0.318. The first-order chi connectivity index (χ1) is 7.18. The average Bonchev–Trinajstić information content (AvgIpc) is 2.23. The first-order valence-corrected chi connectivity index (χ1v) is 4.64. The van der Waals surface area contributed by atoms with Crippen LogP contribution in [0.1, 0.15) is 5.56 Å². The van der Waals surface area contributed by atoms with Gasteiger partial charge in [0, 0.05) is 17.4 Å². The van der Waals surface area contributed by atoms with E-state index in [0.717, 1.165) is 11.1 Å². The number of pyridine rings is 1. The Morgan fingerprint density at radius 1 is 1.27 bits per heavy atom. The molecule has 3 heteroatoms. The summed E-state index contributed by atoms with van der Waals surface area (Å²) in [5.41, 5.74) is 8.73. The molecule has 0 fully saturated rings. The molecular formula is C12H11FN2. The van der Waals surface area contributed by atoms with E-state index in [9.17, 15) is 4.39 Å². The first kappa shape index (κ1) is 9.65. The summed E-state index contributed by atoms with van der Waals surface area (Å²) < 4.78 is 13.4. The Kier molecular flexibility index (Phi) is 2.37. The second-order valence-electron chi connectivity index (χ2n) is 3.43. The molecule has 0 aliphatic carbocycles. The molecule has 0 bridgehead atoms. The molecule has 0 unspecified atom stereocenters. The van der Waals surface area contributed by atoms with Gasteiger partial charge in [0.1, 0.15) is 5.82 Å². The van der Waals surface area contributed by atoms with E-state index in [1.807, 2.05) is 13.0 Å². The molecule has 0 radical (unpaired) electrons. The topological polar surface area (TPSA) is 38.9 Å². The highest BCUT2D eigenvalue weighted by Gasteiger charge is 2.05. The molecule has 1 aromatic carbocycles. The lowest BCUT2D eigenvalue weighted by molar-refractivity contribution is 0.625. The van der Waals surface area contributed by atoms with Gasteiger partial charge in [-0.15, -0.1) is 0 Å². The van der Waals surface area contributed by atoms with E-state index < -0.39 is 0 Å². The maximum absolute atomic E-state index is 13.4. The van der Waals surface area contributed by atoms with Crippen LogP contribution in [0, 0.1) is 12.7 Å². The van der Waals surface area contributed by atoms with Crippen molar-refractivity contribution in [3.63, 3.8) is 0 Å². The predicted molar refractivity (Wildman–Crippen MR) is 58.8 cm³/mol. The summed E-state index contributed by atoms with van der Waals surface area (Å²) in [6.07, 6.45) is 2.78. The number of anilines is 1. The van der Waals surface area contributed by atoms with Crippen LogP contribution < -0.4 is 5.73 Å². The minimum absolute atomic E-state index is 0.318. The number of hydrogen-bond donors (Lipinski definition) is 1. The number of aryl methyl sites for hydroxylation is 1. The maximum Gasteiger partial charge on any atom is 0.149 e. The largest absolute Gasteiger partial charge is 0.399 e. The normalized spacial score (nSPS) is 10.3. The van der Waals surface area contributed by atoms with Gasteiger partial charge < -0.3 is 5.73 Å². The van der Waals surface area contributed by atoms with Crippen LogP contribution in [-0.4, -0.2) is 4.98 Å². The van der Waals surface area contributed by atoms with Crippen molar-refractivity contribution in [1.82, 2.24) is 4.98 Å². The molecule has 0 aliphatic rings. The quantitative estimate of drug-likeness (QED) is 0.722. The molecule has 0 aliphatic heterocycles. The molecule has 0 saturated carbocycles. The van der Waals surface area contributed by atoms with Crippen LogP contribution >= 0.6 is 0 Å². The van der Waals surface area contributed by atoms with E-state index in [0.29, 0.717) is 11.3 Å². The fourth-order valence-electron chi connectivity index (χ4n) is 1.45. The van der Waals surface area contributed by atoms with Crippen LogP contribution in [0.15, 0.2) is 36.7 Å². The SMILES string of the molecule is Cc1cc(-c2ccncc2F)ccc1N. The molecule has 0 amide bonds. The molecular weight excluding hydrogens is 191 g/mol. The number of benzene rings is 1. The van der Waals surface area contributed by atoms with E-state index in [-0.39, 0.29) is 5.82 Å². The highest BCUT2D eigenvalue weighted by atomic mass is 19.1. The fraction of sp³-hybridized carbons (Fsp3) is 0.0833. The van der Waals surface area contributed by atoms with Crippen LogP contribution in [-0.2, 0) is 0 Å². The smallest absolute Gasteiger partial charge is 0.149 e. The van der Waals surface area contributed by atoms with Gasteiger partial charge in [-0.1, -0.05) is 6.07 Å². The van der Waals surface area contributed by atoms with Crippen LogP contribution in [0.25, 0.3) is 11.1 Å². The summed E-state index contributed by atoms with van der Waals surface area (Å²) >= 11 is 0. The molecule has 0 spiro atoms. The van der Waals surface area contributed by atoms with Crippen molar-refractivity contribution in [2.45, 2.75) is 6.92 Å². The number of halogens is 1. The summed E-state index contributed by atoms with van der Waals surface area (Å²) in [5, 5.41) is 0. The number of nitrogens with zero attached hydrogens (tertiary/aromatic N) is 1. The van der Waals surface area contributed by atoms with Crippen molar-refractivity contribution in [2.24, 2.45) is 0 Å². The highest BCUT2D eigenvalue weighted by molar-refractivity contribution is 5.67. The van der Waals surface area contributed by atoms with E-state index in [4.69, 9.17) is 5.73 Å². The zero-order chi connectivity index (χ0) is 10.8. The van der Waals surface area contributed by atoms with Crippen LogP contribution in [0.2, 0.25) is 0 Å². The number of aromatic nitrogens is 1. The third-order valence-corrected chi connectivity index (χ3v) is 2.35. The van der Waals surface area contributed by atoms with E-state index in [2.05, 4.69) is 4.98 Å². The predicted octanol–water partition coefficient (Wildman–Crippen LogP) is 2.78. The van der Waals surface area contributed by atoms with Crippen LogP contribution in [0.5, 0.6) is 0 Å². The van der Waals surface area contributed by atoms with Gasteiger partial charge in [-0.05, 0) is 36.2 Å². The lowest BCUT2D eigenvalue weighted by atomic mass is 10.0. The van der Waals surface area contributed by atoms with Gasteiger partial charge >= 0.3 is 0 Å². The summed E-state index contributed by atoms with van der Waals surface area (Å²) in [6.45, 7) is 1.90. The van der Waals surface area contributed by atoms with Crippen molar-refractivity contribution < 1.29 is 4.39 Å². The van der Waals surface area contributed by atoms with Gasteiger partial charge in [0.2, 0.25) is 0 Å². The second-order valence-corrected chi connectivity index (χ2v) is 3.43. The number of nitrogen functional groups attached to an aromatic ring is 1. The third kappa shape index (κ3) is 1.81. The summed E-state index contributed by atoms with van der Waals surface area (Å²) in [7, 11) is 0. The highest BCUT2D eigenvalue weighted by Crippen LogP contribution is 2.24. The molecule has 1 aromatic heterocycles. The summed E-state index contributed by atoms with van der Waals surface area (Å²) in [4.78, 5) is 3.71. The zero-order valence-electron chi connectivity index (χ0n) is 8.37. The maximum atomic E-state index is 13.4. The van der Waals surface area contributed by atoms with E-state index in [1.54, 1.807) is 24.4 Å². The van der Waals surface area contributed by atoms with Crippen molar-refractivity contribution in [1.29, 1.82) is 0 Å². The van der Waals surface area contributed by atoms with Gasteiger partial charge in [-0.25, -0.2) is 4.39 Å². The Morgan fingerprint density at radius 2 is 2.07 bits per heavy atom.